The molecule has 1 aromatic rings. The molecule has 3 heteroatoms. The molecule has 0 spiro atoms. The summed E-state index contributed by atoms with van der Waals surface area (Å²) in [7, 11) is 0. The smallest absolute Gasteiger partial charge is 0.251 e. The number of nitrogens with one attached hydrogen (secondary N) is 1. The standard InChI is InChI=1S/C15H23NO2/c1-6-18-13-9-7-8-12(10-13)14(17)16-11(2)15(3,4)5/h7-11H,6H2,1-5H3,(H,16,17)/t11-/m0/s1. The number of carbonyl (C=O) groups is 1. The number of benzene rings is 1. The summed E-state index contributed by atoms with van der Waals surface area (Å²) in [6, 6.07) is 7.37. The van der Waals surface area contributed by atoms with Crippen LogP contribution in [0.3, 0.4) is 0 Å². The van der Waals surface area contributed by atoms with Crippen molar-refractivity contribution in [2.45, 2.75) is 40.7 Å². The average Bonchev–Trinajstić information content (AvgIpc) is 2.28. The van der Waals surface area contributed by atoms with Crippen LogP contribution in [0.2, 0.25) is 0 Å². The molecule has 1 aromatic carbocycles. The lowest BCUT2D eigenvalue weighted by molar-refractivity contribution is 0.0909. The molecule has 0 saturated carbocycles. The lowest BCUT2D eigenvalue weighted by Crippen LogP contribution is -2.41. The fourth-order valence-electron chi connectivity index (χ4n) is 1.39. The highest BCUT2D eigenvalue weighted by molar-refractivity contribution is 5.94. The molecule has 0 heterocycles. The van der Waals surface area contributed by atoms with E-state index in [2.05, 4.69) is 26.1 Å². The summed E-state index contributed by atoms with van der Waals surface area (Å²) in [4.78, 5) is 12.1. The van der Waals surface area contributed by atoms with Crippen LogP contribution in [0.1, 0.15) is 45.0 Å². The van der Waals surface area contributed by atoms with Crippen molar-refractivity contribution in [3.05, 3.63) is 29.8 Å². The van der Waals surface area contributed by atoms with Gasteiger partial charge in [0.05, 0.1) is 6.61 Å². The number of amides is 1. The molecule has 0 unspecified atom stereocenters. The van der Waals surface area contributed by atoms with Crippen LogP contribution in [0.15, 0.2) is 24.3 Å². The van der Waals surface area contributed by atoms with Crippen molar-refractivity contribution in [2.75, 3.05) is 6.61 Å². The van der Waals surface area contributed by atoms with Crippen LogP contribution < -0.4 is 10.1 Å². The summed E-state index contributed by atoms with van der Waals surface area (Å²) >= 11 is 0. The van der Waals surface area contributed by atoms with Gasteiger partial charge in [0, 0.05) is 11.6 Å². The molecule has 1 N–H and O–H groups in total. The number of hydrogen-bond donors (Lipinski definition) is 1. The van der Waals surface area contributed by atoms with Crippen LogP contribution in [0.25, 0.3) is 0 Å². The van der Waals surface area contributed by atoms with Gasteiger partial charge >= 0.3 is 0 Å². The van der Waals surface area contributed by atoms with Gasteiger partial charge < -0.3 is 10.1 Å². The van der Waals surface area contributed by atoms with Crippen LogP contribution in [0, 0.1) is 5.41 Å². The molecule has 0 fully saturated rings. The van der Waals surface area contributed by atoms with Gasteiger partial charge in [-0.3, -0.25) is 4.79 Å². The SMILES string of the molecule is CCOc1cccc(C(=O)N[C@@H](C)C(C)(C)C)c1. The molecule has 100 valence electrons. The summed E-state index contributed by atoms with van der Waals surface area (Å²) in [5.74, 6) is 0.674. The molecule has 18 heavy (non-hydrogen) atoms. The molecule has 0 aromatic heterocycles. The number of ether oxygens (including phenoxy) is 1. The first-order valence-corrected chi connectivity index (χ1v) is 6.38. The Morgan fingerprint density at radius 1 is 1.39 bits per heavy atom. The van der Waals surface area contributed by atoms with Crippen molar-refractivity contribution in [2.24, 2.45) is 5.41 Å². The molecule has 3 nitrogen and oxygen atoms in total. The second kappa shape index (κ2) is 5.89. The average molecular weight is 249 g/mol. The monoisotopic (exact) mass is 249 g/mol. The fraction of sp³-hybridized carbons (Fsp3) is 0.533. The molecular formula is C15H23NO2. The lowest BCUT2D eigenvalue weighted by Gasteiger charge is -2.28. The van der Waals surface area contributed by atoms with Gasteiger partial charge in [0.25, 0.3) is 5.91 Å². The van der Waals surface area contributed by atoms with E-state index in [1.807, 2.05) is 26.0 Å². The largest absolute Gasteiger partial charge is 0.494 e. The predicted octanol–water partition coefficient (Wildman–Crippen LogP) is 3.25. The Morgan fingerprint density at radius 2 is 2.06 bits per heavy atom. The zero-order valence-electron chi connectivity index (χ0n) is 11.9. The fourth-order valence-corrected chi connectivity index (χ4v) is 1.39. The van der Waals surface area contributed by atoms with E-state index in [1.165, 1.54) is 0 Å². The number of hydrogen-bond acceptors (Lipinski definition) is 2. The number of rotatable bonds is 4. The third-order valence-electron chi connectivity index (χ3n) is 3.05. The van der Waals surface area contributed by atoms with Gasteiger partial charge in [0.2, 0.25) is 0 Å². The first-order chi connectivity index (χ1) is 8.34. The van der Waals surface area contributed by atoms with E-state index in [0.29, 0.717) is 12.2 Å². The summed E-state index contributed by atoms with van der Waals surface area (Å²) in [6.07, 6.45) is 0. The van der Waals surface area contributed by atoms with Crippen LogP contribution in [-0.4, -0.2) is 18.6 Å². The Morgan fingerprint density at radius 3 is 2.61 bits per heavy atom. The van der Waals surface area contributed by atoms with Crippen molar-refractivity contribution in [3.8, 4) is 5.75 Å². The lowest BCUT2D eigenvalue weighted by atomic mass is 9.88. The Hall–Kier alpha value is -1.51. The highest BCUT2D eigenvalue weighted by atomic mass is 16.5. The van der Waals surface area contributed by atoms with Crippen molar-refractivity contribution in [1.82, 2.24) is 5.32 Å². The second-order valence-electron chi connectivity index (χ2n) is 5.52. The molecule has 0 aliphatic rings. The van der Waals surface area contributed by atoms with Gasteiger partial charge in [-0.1, -0.05) is 26.8 Å². The van der Waals surface area contributed by atoms with Gasteiger partial charge in [-0.2, -0.15) is 0 Å². The van der Waals surface area contributed by atoms with Gasteiger partial charge in [0.15, 0.2) is 0 Å². The summed E-state index contributed by atoms with van der Waals surface area (Å²) in [6.45, 7) is 10.9. The summed E-state index contributed by atoms with van der Waals surface area (Å²) in [5.41, 5.74) is 0.685. The summed E-state index contributed by atoms with van der Waals surface area (Å²) < 4.78 is 5.39. The Kier molecular flexibility index (Phi) is 4.76. The Labute approximate surface area is 110 Å². The quantitative estimate of drug-likeness (QED) is 0.889. The minimum Gasteiger partial charge on any atom is -0.494 e. The molecule has 1 rings (SSSR count). The topological polar surface area (TPSA) is 38.3 Å². The van der Waals surface area contributed by atoms with E-state index in [4.69, 9.17) is 4.74 Å². The van der Waals surface area contributed by atoms with E-state index in [0.717, 1.165) is 5.75 Å². The molecule has 1 atom stereocenters. The van der Waals surface area contributed by atoms with Gasteiger partial charge in [-0.15, -0.1) is 0 Å². The van der Waals surface area contributed by atoms with Crippen LogP contribution in [0.4, 0.5) is 0 Å². The van der Waals surface area contributed by atoms with Gasteiger partial charge in [-0.05, 0) is 37.5 Å². The Balaban J connectivity index is 2.75. The minimum atomic E-state index is -0.0565. The molecule has 0 bridgehead atoms. The summed E-state index contributed by atoms with van der Waals surface area (Å²) in [5, 5.41) is 3.01. The highest BCUT2D eigenvalue weighted by Crippen LogP contribution is 2.19. The maximum Gasteiger partial charge on any atom is 0.251 e. The molecule has 0 saturated heterocycles. The van der Waals surface area contributed by atoms with E-state index in [1.54, 1.807) is 12.1 Å². The predicted molar refractivity (Wildman–Crippen MR) is 74.0 cm³/mol. The van der Waals surface area contributed by atoms with Gasteiger partial charge in [-0.25, -0.2) is 0 Å². The third kappa shape index (κ3) is 4.06. The van der Waals surface area contributed by atoms with Crippen molar-refractivity contribution in [3.63, 3.8) is 0 Å². The minimum absolute atomic E-state index is 0.0488. The van der Waals surface area contributed by atoms with Crippen molar-refractivity contribution >= 4 is 5.91 Å². The van der Waals surface area contributed by atoms with E-state index >= 15 is 0 Å². The maximum atomic E-state index is 12.1. The highest BCUT2D eigenvalue weighted by Gasteiger charge is 2.22. The van der Waals surface area contributed by atoms with Gasteiger partial charge in [0.1, 0.15) is 5.75 Å². The molecule has 0 aliphatic heterocycles. The van der Waals surface area contributed by atoms with Crippen LogP contribution in [0.5, 0.6) is 5.75 Å². The van der Waals surface area contributed by atoms with E-state index < -0.39 is 0 Å². The van der Waals surface area contributed by atoms with Crippen molar-refractivity contribution < 1.29 is 9.53 Å². The number of carbonyl (C=O) groups excluding carboxylic acids is 1. The van der Waals surface area contributed by atoms with Crippen LogP contribution >= 0.6 is 0 Å². The third-order valence-corrected chi connectivity index (χ3v) is 3.05. The zero-order chi connectivity index (χ0) is 13.8. The molecular weight excluding hydrogens is 226 g/mol. The molecule has 0 aliphatic carbocycles. The first-order valence-electron chi connectivity index (χ1n) is 6.38. The van der Waals surface area contributed by atoms with E-state index in [-0.39, 0.29) is 17.4 Å². The normalized spacial score (nSPS) is 12.9. The first kappa shape index (κ1) is 14.6. The van der Waals surface area contributed by atoms with Crippen LogP contribution in [-0.2, 0) is 0 Å². The van der Waals surface area contributed by atoms with Crippen molar-refractivity contribution in [1.29, 1.82) is 0 Å². The maximum absolute atomic E-state index is 12.1. The Bertz CT molecular complexity index is 407. The second-order valence-corrected chi connectivity index (χ2v) is 5.52. The van der Waals surface area contributed by atoms with E-state index in [9.17, 15) is 4.79 Å². The molecule has 1 amide bonds. The zero-order valence-corrected chi connectivity index (χ0v) is 11.9. The molecule has 0 radical (unpaired) electrons.